The van der Waals surface area contributed by atoms with Gasteiger partial charge in [-0.05, 0) is 23.5 Å². The van der Waals surface area contributed by atoms with Crippen molar-refractivity contribution in [3.05, 3.63) is 35.4 Å². The Hall–Kier alpha value is -1.88. The van der Waals surface area contributed by atoms with Crippen molar-refractivity contribution in [2.75, 3.05) is 19.8 Å². The van der Waals surface area contributed by atoms with Gasteiger partial charge < -0.3 is 14.7 Å². The summed E-state index contributed by atoms with van der Waals surface area (Å²) >= 11 is 0. The van der Waals surface area contributed by atoms with E-state index in [4.69, 9.17) is 9.84 Å². The lowest BCUT2D eigenvalue weighted by Crippen LogP contribution is -2.50. The summed E-state index contributed by atoms with van der Waals surface area (Å²) in [4.78, 5) is 25.1. The zero-order valence-electron chi connectivity index (χ0n) is 13.8. The highest BCUT2D eigenvalue weighted by atomic mass is 16.5. The van der Waals surface area contributed by atoms with E-state index in [1.807, 2.05) is 12.1 Å². The fraction of sp³-hybridized carbons (Fsp3) is 0.556. The number of carbonyl (C=O) groups excluding carboxylic acids is 1. The molecule has 5 heteroatoms. The average molecular weight is 319 g/mol. The van der Waals surface area contributed by atoms with Crippen LogP contribution in [0.4, 0.5) is 0 Å². The van der Waals surface area contributed by atoms with Gasteiger partial charge in [-0.3, -0.25) is 9.59 Å². The van der Waals surface area contributed by atoms with E-state index < -0.39 is 5.97 Å². The van der Waals surface area contributed by atoms with Gasteiger partial charge >= 0.3 is 5.97 Å². The molecular formula is C18H25NO4. The molecule has 2 rings (SSSR count). The molecule has 1 atom stereocenters. The lowest BCUT2D eigenvalue weighted by Gasteiger charge is -2.35. The first-order valence-corrected chi connectivity index (χ1v) is 8.12. The standard InChI is InChI=1S/C18H25NO4/c1-13(2)9-14-3-5-15(6-4-14)10-17(20)19-7-8-23-12-16(19)11-18(21)22/h3-6,13,16H,7-12H2,1-2H3,(H,21,22). The lowest BCUT2D eigenvalue weighted by molar-refractivity contribution is -0.145. The molecule has 1 unspecified atom stereocenters. The van der Waals surface area contributed by atoms with Gasteiger partial charge in [-0.2, -0.15) is 0 Å². The normalized spacial score (nSPS) is 18.2. The smallest absolute Gasteiger partial charge is 0.305 e. The van der Waals surface area contributed by atoms with E-state index in [2.05, 4.69) is 26.0 Å². The largest absolute Gasteiger partial charge is 0.481 e. The highest BCUT2D eigenvalue weighted by Crippen LogP contribution is 2.15. The Labute approximate surface area is 137 Å². The van der Waals surface area contributed by atoms with E-state index in [9.17, 15) is 9.59 Å². The molecule has 0 radical (unpaired) electrons. The Bertz CT molecular complexity index is 538. The molecule has 1 fully saturated rings. The van der Waals surface area contributed by atoms with Crippen molar-refractivity contribution < 1.29 is 19.4 Å². The third kappa shape index (κ3) is 5.36. The summed E-state index contributed by atoms with van der Waals surface area (Å²) in [5.41, 5.74) is 2.23. The molecule has 1 aromatic rings. The van der Waals surface area contributed by atoms with E-state index in [-0.39, 0.29) is 18.4 Å². The van der Waals surface area contributed by atoms with E-state index in [0.717, 1.165) is 12.0 Å². The summed E-state index contributed by atoms with van der Waals surface area (Å²) in [6.07, 6.45) is 1.26. The van der Waals surface area contributed by atoms with Gasteiger partial charge in [0, 0.05) is 6.54 Å². The van der Waals surface area contributed by atoms with Gasteiger partial charge in [-0.1, -0.05) is 38.1 Å². The van der Waals surface area contributed by atoms with Crippen LogP contribution in [0.5, 0.6) is 0 Å². The number of benzene rings is 1. The number of carbonyl (C=O) groups is 2. The maximum Gasteiger partial charge on any atom is 0.305 e. The Morgan fingerprint density at radius 3 is 2.52 bits per heavy atom. The number of carboxylic acid groups (broad SMARTS) is 1. The zero-order valence-corrected chi connectivity index (χ0v) is 13.8. The summed E-state index contributed by atoms with van der Waals surface area (Å²) in [5, 5.41) is 8.96. The molecule has 0 saturated carbocycles. The fourth-order valence-corrected chi connectivity index (χ4v) is 2.89. The van der Waals surface area contributed by atoms with E-state index in [0.29, 0.717) is 32.1 Å². The van der Waals surface area contributed by atoms with Crippen molar-refractivity contribution in [3.8, 4) is 0 Å². The number of ether oxygens (including phenoxy) is 1. The molecule has 0 spiro atoms. The third-order valence-corrected chi connectivity index (χ3v) is 3.98. The molecule has 126 valence electrons. The van der Waals surface area contributed by atoms with Crippen molar-refractivity contribution >= 4 is 11.9 Å². The summed E-state index contributed by atoms with van der Waals surface area (Å²) in [6.45, 7) is 5.58. The Morgan fingerprint density at radius 2 is 1.91 bits per heavy atom. The Morgan fingerprint density at radius 1 is 1.26 bits per heavy atom. The quantitative estimate of drug-likeness (QED) is 0.872. The van der Waals surface area contributed by atoms with Crippen LogP contribution in [0.3, 0.4) is 0 Å². The number of morpholine rings is 1. The minimum absolute atomic E-state index is 0.0313. The van der Waals surface area contributed by atoms with Crippen LogP contribution in [0.15, 0.2) is 24.3 Å². The lowest BCUT2D eigenvalue weighted by atomic mass is 10.0. The molecule has 1 aromatic carbocycles. The topological polar surface area (TPSA) is 66.8 Å². The van der Waals surface area contributed by atoms with Gasteiger partial charge in [0.25, 0.3) is 0 Å². The van der Waals surface area contributed by atoms with Gasteiger partial charge in [0.1, 0.15) is 0 Å². The van der Waals surface area contributed by atoms with Crippen LogP contribution in [-0.2, 0) is 27.2 Å². The van der Waals surface area contributed by atoms with Gasteiger partial charge in [0.15, 0.2) is 0 Å². The van der Waals surface area contributed by atoms with Crippen LogP contribution in [-0.4, -0.2) is 47.7 Å². The van der Waals surface area contributed by atoms with Gasteiger partial charge in [0.05, 0.1) is 32.1 Å². The number of amides is 1. The third-order valence-electron chi connectivity index (χ3n) is 3.98. The van der Waals surface area contributed by atoms with E-state index in [1.165, 1.54) is 5.56 Å². The van der Waals surface area contributed by atoms with Gasteiger partial charge in [0.2, 0.25) is 5.91 Å². The van der Waals surface area contributed by atoms with Gasteiger partial charge in [-0.25, -0.2) is 0 Å². The minimum atomic E-state index is -0.906. The molecule has 1 aliphatic rings. The molecule has 23 heavy (non-hydrogen) atoms. The van der Waals surface area contributed by atoms with Crippen LogP contribution < -0.4 is 0 Å². The van der Waals surface area contributed by atoms with Gasteiger partial charge in [-0.15, -0.1) is 0 Å². The van der Waals surface area contributed by atoms with Crippen LogP contribution in [0.25, 0.3) is 0 Å². The minimum Gasteiger partial charge on any atom is -0.481 e. The second kappa shape index (κ2) is 8.11. The molecule has 1 amide bonds. The molecule has 0 aliphatic carbocycles. The number of hydrogen-bond donors (Lipinski definition) is 1. The monoisotopic (exact) mass is 319 g/mol. The summed E-state index contributed by atoms with van der Waals surface area (Å²) in [5.74, 6) is -0.333. The van der Waals surface area contributed by atoms with Crippen LogP contribution in [0.1, 0.15) is 31.4 Å². The van der Waals surface area contributed by atoms with Crippen molar-refractivity contribution in [1.82, 2.24) is 4.90 Å². The highest BCUT2D eigenvalue weighted by molar-refractivity contribution is 5.80. The SMILES string of the molecule is CC(C)Cc1ccc(CC(=O)N2CCOCC2CC(=O)O)cc1. The number of rotatable bonds is 6. The second-order valence-electron chi connectivity index (χ2n) is 6.50. The number of carboxylic acids is 1. The molecular weight excluding hydrogens is 294 g/mol. The van der Waals surface area contributed by atoms with Crippen molar-refractivity contribution in [3.63, 3.8) is 0 Å². The number of nitrogens with zero attached hydrogens (tertiary/aromatic N) is 1. The van der Waals surface area contributed by atoms with E-state index >= 15 is 0 Å². The van der Waals surface area contributed by atoms with Crippen LogP contribution in [0.2, 0.25) is 0 Å². The highest BCUT2D eigenvalue weighted by Gasteiger charge is 2.28. The van der Waals surface area contributed by atoms with Crippen molar-refractivity contribution in [1.29, 1.82) is 0 Å². The van der Waals surface area contributed by atoms with E-state index in [1.54, 1.807) is 4.90 Å². The first-order chi connectivity index (χ1) is 11.0. The molecule has 0 bridgehead atoms. The first-order valence-electron chi connectivity index (χ1n) is 8.12. The molecule has 1 saturated heterocycles. The number of aliphatic carboxylic acids is 1. The molecule has 1 N–H and O–H groups in total. The Balaban J connectivity index is 1.97. The second-order valence-corrected chi connectivity index (χ2v) is 6.50. The summed E-state index contributed by atoms with van der Waals surface area (Å²) in [6, 6.07) is 7.74. The molecule has 0 aromatic heterocycles. The number of hydrogen-bond acceptors (Lipinski definition) is 3. The average Bonchev–Trinajstić information content (AvgIpc) is 2.48. The zero-order chi connectivity index (χ0) is 16.8. The summed E-state index contributed by atoms with van der Waals surface area (Å²) in [7, 11) is 0. The van der Waals surface area contributed by atoms with Crippen molar-refractivity contribution in [2.45, 2.75) is 39.2 Å². The maximum absolute atomic E-state index is 12.5. The molecule has 1 aliphatic heterocycles. The van der Waals surface area contributed by atoms with Crippen LogP contribution in [0, 0.1) is 5.92 Å². The Kier molecular flexibility index (Phi) is 6.16. The maximum atomic E-state index is 12.5. The predicted octanol–water partition coefficient (Wildman–Crippen LogP) is 2.13. The molecule has 5 nitrogen and oxygen atoms in total. The first kappa shape index (κ1) is 17.5. The van der Waals surface area contributed by atoms with Crippen molar-refractivity contribution in [2.24, 2.45) is 5.92 Å². The van der Waals surface area contributed by atoms with Crippen LogP contribution >= 0.6 is 0 Å². The predicted molar refractivity (Wildman–Crippen MR) is 87.3 cm³/mol. The fourth-order valence-electron chi connectivity index (χ4n) is 2.89. The summed E-state index contributed by atoms with van der Waals surface area (Å²) < 4.78 is 5.31. The molecule has 1 heterocycles.